The van der Waals surface area contributed by atoms with Crippen LogP contribution in [0.1, 0.15) is 10.4 Å². The van der Waals surface area contributed by atoms with E-state index in [1.165, 1.54) is 12.1 Å². The van der Waals surface area contributed by atoms with Crippen molar-refractivity contribution in [3.63, 3.8) is 0 Å². The SMILES string of the molecule is NCCOc1ccc(Nc2ccc(F)cc2C(N)=O)cc1. The number of nitrogens with one attached hydrogen (secondary N) is 1. The number of nitrogens with two attached hydrogens (primary N) is 2. The average Bonchev–Trinajstić information content (AvgIpc) is 2.48. The van der Waals surface area contributed by atoms with Crippen LogP contribution in [0, 0.1) is 5.82 Å². The number of hydrogen-bond donors (Lipinski definition) is 3. The largest absolute Gasteiger partial charge is 0.492 e. The zero-order valence-corrected chi connectivity index (χ0v) is 11.3. The third-order valence-electron chi connectivity index (χ3n) is 2.77. The summed E-state index contributed by atoms with van der Waals surface area (Å²) in [7, 11) is 0. The first kappa shape index (κ1) is 14.8. The van der Waals surface area contributed by atoms with Crippen molar-refractivity contribution in [3.05, 3.63) is 53.8 Å². The molecule has 0 atom stereocenters. The number of halogens is 1. The third kappa shape index (κ3) is 3.93. The normalized spacial score (nSPS) is 10.2. The van der Waals surface area contributed by atoms with Gasteiger partial charge in [0.2, 0.25) is 0 Å². The topological polar surface area (TPSA) is 90.4 Å². The van der Waals surface area contributed by atoms with Crippen molar-refractivity contribution in [3.8, 4) is 5.75 Å². The maximum Gasteiger partial charge on any atom is 0.250 e. The molecule has 0 spiro atoms. The van der Waals surface area contributed by atoms with Crippen LogP contribution >= 0.6 is 0 Å². The Kier molecular flexibility index (Phi) is 4.73. The Hall–Kier alpha value is -2.60. The Morgan fingerprint density at radius 2 is 1.90 bits per heavy atom. The van der Waals surface area contributed by atoms with Gasteiger partial charge in [0.05, 0.1) is 11.3 Å². The minimum atomic E-state index is -0.695. The van der Waals surface area contributed by atoms with E-state index in [1.807, 2.05) is 0 Å². The molecule has 110 valence electrons. The molecule has 0 heterocycles. The molecule has 5 N–H and O–H groups in total. The molecule has 0 aliphatic rings. The van der Waals surface area contributed by atoms with E-state index in [4.69, 9.17) is 16.2 Å². The van der Waals surface area contributed by atoms with Gasteiger partial charge in [0, 0.05) is 12.2 Å². The standard InChI is InChI=1S/C15H16FN3O2/c16-10-1-6-14(13(9-10)15(18)20)19-11-2-4-12(5-3-11)21-8-7-17/h1-6,9,19H,7-8,17H2,(H2,18,20). The van der Waals surface area contributed by atoms with Gasteiger partial charge in [-0.3, -0.25) is 4.79 Å². The smallest absolute Gasteiger partial charge is 0.250 e. The summed E-state index contributed by atoms with van der Waals surface area (Å²) in [6, 6.07) is 10.9. The Bertz CT molecular complexity index is 629. The second-order valence-electron chi connectivity index (χ2n) is 4.34. The summed E-state index contributed by atoms with van der Waals surface area (Å²) in [5.41, 5.74) is 11.9. The van der Waals surface area contributed by atoms with Gasteiger partial charge < -0.3 is 21.5 Å². The Morgan fingerprint density at radius 1 is 1.19 bits per heavy atom. The Morgan fingerprint density at radius 3 is 2.52 bits per heavy atom. The van der Waals surface area contributed by atoms with Crippen molar-refractivity contribution in [1.29, 1.82) is 0 Å². The van der Waals surface area contributed by atoms with Gasteiger partial charge in [-0.15, -0.1) is 0 Å². The van der Waals surface area contributed by atoms with E-state index in [9.17, 15) is 9.18 Å². The molecule has 0 saturated carbocycles. The number of hydrogen-bond acceptors (Lipinski definition) is 4. The summed E-state index contributed by atoms with van der Waals surface area (Å²) in [5, 5.41) is 3.02. The van der Waals surface area contributed by atoms with Crippen LogP contribution in [0.15, 0.2) is 42.5 Å². The number of rotatable bonds is 6. The van der Waals surface area contributed by atoms with Crippen LogP contribution in [0.3, 0.4) is 0 Å². The Labute approximate surface area is 121 Å². The number of carbonyl (C=O) groups excluding carboxylic acids is 1. The number of primary amides is 1. The molecular weight excluding hydrogens is 273 g/mol. The molecular formula is C15H16FN3O2. The first-order valence-corrected chi connectivity index (χ1v) is 6.39. The minimum Gasteiger partial charge on any atom is -0.492 e. The fourth-order valence-electron chi connectivity index (χ4n) is 1.80. The minimum absolute atomic E-state index is 0.0958. The maximum absolute atomic E-state index is 13.2. The molecule has 1 amide bonds. The van der Waals surface area contributed by atoms with Crippen LogP contribution in [0.4, 0.5) is 15.8 Å². The lowest BCUT2D eigenvalue weighted by Gasteiger charge is -2.11. The number of ether oxygens (including phenoxy) is 1. The van der Waals surface area contributed by atoms with Gasteiger partial charge in [0.25, 0.3) is 5.91 Å². The van der Waals surface area contributed by atoms with Gasteiger partial charge in [-0.1, -0.05) is 0 Å². The monoisotopic (exact) mass is 289 g/mol. The van der Waals surface area contributed by atoms with Gasteiger partial charge in [-0.25, -0.2) is 4.39 Å². The van der Waals surface area contributed by atoms with Gasteiger partial charge in [0.1, 0.15) is 18.2 Å². The van der Waals surface area contributed by atoms with E-state index in [0.29, 0.717) is 24.6 Å². The van der Waals surface area contributed by atoms with Crippen molar-refractivity contribution >= 4 is 17.3 Å². The van der Waals surface area contributed by atoms with Crippen LogP contribution in [0.25, 0.3) is 0 Å². The van der Waals surface area contributed by atoms with E-state index in [2.05, 4.69) is 5.32 Å². The number of anilines is 2. The van der Waals surface area contributed by atoms with Gasteiger partial charge in [-0.2, -0.15) is 0 Å². The quantitative estimate of drug-likeness (QED) is 0.758. The lowest BCUT2D eigenvalue weighted by molar-refractivity contribution is 0.100. The average molecular weight is 289 g/mol. The van der Waals surface area contributed by atoms with Crippen LogP contribution < -0.4 is 21.5 Å². The predicted octanol–water partition coefficient (Wildman–Crippen LogP) is 2.01. The summed E-state index contributed by atoms with van der Waals surface area (Å²) in [6.07, 6.45) is 0. The highest BCUT2D eigenvalue weighted by atomic mass is 19.1. The van der Waals surface area contributed by atoms with Crippen molar-refractivity contribution < 1.29 is 13.9 Å². The predicted molar refractivity (Wildman–Crippen MR) is 79.2 cm³/mol. The van der Waals surface area contributed by atoms with E-state index in [-0.39, 0.29) is 5.56 Å². The van der Waals surface area contributed by atoms with Crippen molar-refractivity contribution in [2.24, 2.45) is 11.5 Å². The third-order valence-corrected chi connectivity index (χ3v) is 2.77. The van der Waals surface area contributed by atoms with Crippen LogP contribution in [-0.2, 0) is 0 Å². The van der Waals surface area contributed by atoms with E-state index in [0.717, 1.165) is 11.8 Å². The summed E-state index contributed by atoms with van der Waals surface area (Å²) in [6.45, 7) is 0.883. The van der Waals surface area contributed by atoms with E-state index < -0.39 is 11.7 Å². The highest BCUT2D eigenvalue weighted by Gasteiger charge is 2.09. The molecule has 0 saturated heterocycles. The molecule has 0 fully saturated rings. The first-order chi connectivity index (χ1) is 10.1. The fraction of sp³-hybridized carbons (Fsp3) is 0.133. The van der Waals surface area contributed by atoms with Crippen LogP contribution in [0.2, 0.25) is 0 Å². The summed E-state index contributed by atoms with van der Waals surface area (Å²) in [4.78, 5) is 11.3. The second kappa shape index (κ2) is 6.71. The van der Waals surface area contributed by atoms with Gasteiger partial charge >= 0.3 is 0 Å². The number of benzene rings is 2. The molecule has 0 bridgehead atoms. The van der Waals surface area contributed by atoms with Gasteiger partial charge in [0.15, 0.2) is 0 Å². The lowest BCUT2D eigenvalue weighted by Crippen LogP contribution is -2.13. The van der Waals surface area contributed by atoms with Crippen LogP contribution in [-0.4, -0.2) is 19.1 Å². The summed E-state index contributed by atoms with van der Waals surface area (Å²) >= 11 is 0. The molecule has 0 unspecified atom stereocenters. The molecule has 0 radical (unpaired) electrons. The number of carbonyl (C=O) groups is 1. The molecule has 0 aliphatic carbocycles. The van der Waals surface area contributed by atoms with Crippen molar-refractivity contribution in [2.45, 2.75) is 0 Å². The van der Waals surface area contributed by atoms with Crippen LogP contribution in [0.5, 0.6) is 5.75 Å². The molecule has 2 aromatic carbocycles. The van der Waals surface area contributed by atoms with E-state index in [1.54, 1.807) is 24.3 Å². The highest BCUT2D eigenvalue weighted by Crippen LogP contribution is 2.23. The molecule has 5 nitrogen and oxygen atoms in total. The molecule has 2 rings (SSSR count). The summed E-state index contributed by atoms with van der Waals surface area (Å²) in [5.74, 6) is -0.514. The molecule has 0 aromatic heterocycles. The zero-order valence-electron chi connectivity index (χ0n) is 11.3. The van der Waals surface area contributed by atoms with Gasteiger partial charge in [-0.05, 0) is 42.5 Å². The second-order valence-corrected chi connectivity index (χ2v) is 4.34. The summed E-state index contributed by atoms with van der Waals surface area (Å²) < 4.78 is 18.5. The Balaban J connectivity index is 2.16. The van der Waals surface area contributed by atoms with E-state index >= 15 is 0 Å². The van der Waals surface area contributed by atoms with Crippen molar-refractivity contribution in [2.75, 3.05) is 18.5 Å². The fourth-order valence-corrected chi connectivity index (χ4v) is 1.80. The molecule has 2 aromatic rings. The maximum atomic E-state index is 13.2. The first-order valence-electron chi connectivity index (χ1n) is 6.39. The number of amides is 1. The molecule has 6 heteroatoms. The molecule has 0 aliphatic heterocycles. The van der Waals surface area contributed by atoms with Crippen molar-refractivity contribution in [1.82, 2.24) is 0 Å². The lowest BCUT2D eigenvalue weighted by atomic mass is 10.1. The highest BCUT2D eigenvalue weighted by molar-refractivity contribution is 5.99. The zero-order chi connectivity index (χ0) is 15.2. The molecule has 21 heavy (non-hydrogen) atoms.